The SMILES string of the molecule is Cc1nc(-c2ccc(Cl)c(Cl)c2)nc(C)c1CN. The number of benzene rings is 1. The van der Waals surface area contributed by atoms with Crippen LogP contribution >= 0.6 is 23.2 Å². The molecule has 1 heterocycles. The van der Waals surface area contributed by atoms with E-state index >= 15 is 0 Å². The Hall–Kier alpha value is -1.16. The van der Waals surface area contributed by atoms with E-state index < -0.39 is 0 Å². The molecule has 0 radical (unpaired) electrons. The highest BCUT2D eigenvalue weighted by molar-refractivity contribution is 6.42. The zero-order valence-corrected chi connectivity index (χ0v) is 11.7. The lowest BCUT2D eigenvalue weighted by atomic mass is 10.1. The van der Waals surface area contributed by atoms with Gasteiger partial charge >= 0.3 is 0 Å². The maximum atomic E-state index is 5.99. The number of hydrogen-bond donors (Lipinski definition) is 1. The average molecular weight is 282 g/mol. The number of aryl methyl sites for hydroxylation is 2. The van der Waals surface area contributed by atoms with Gasteiger partial charge in [0.2, 0.25) is 0 Å². The first-order valence-electron chi connectivity index (χ1n) is 5.52. The summed E-state index contributed by atoms with van der Waals surface area (Å²) in [5.74, 6) is 0.640. The molecule has 18 heavy (non-hydrogen) atoms. The summed E-state index contributed by atoms with van der Waals surface area (Å²) >= 11 is 11.9. The van der Waals surface area contributed by atoms with Crippen molar-refractivity contribution >= 4 is 23.2 Å². The fraction of sp³-hybridized carbons (Fsp3) is 0.231. The molecule has 3 nitrogen and oxygen atoms in total. The number of nitrogens with zero attached hydrogens (tertiary/aromatic N) is 2. The van der Waals surface area contributed by atoms with Gasteiger partial charge in [0.1, 0.15) is 0 Å². The highest BCUT2D eigenvalue weighted by Crippen LogP contribution is 2.27. The Morgan fingerprint density at radius 2 is 1.67 bits per heavy atom. The molecule has 1 aromatic carbocycles. The lowest BCUT2D eigenvalue weighted by molar-refractivity contribution is 0.939. The summed E-state index contributed by atoms with van der Waals surface area (Å²) in [6.07, 6.45) is 0. The number of halogens is 2. The van der Waals surface area contributed by atoms with E-state index in [1.807, 2.05) is 19.9 Å². The molecule has 0 saturated carbocycles. The molecule has 0 aliphatic heterocycles. The Morgan fingerprint density at radius 3 is 2.17 bits per heavy atom. The molecule has 0 aliphatic carbocycles. The molecule has 2 N–H and O–H groups in total. The van der Waals surface area contributed by atoms with Crippen LogP contribution in [0.5, 0.6) is 0 Å². The molecule has 2 aromatic rings. The lowest BCUT2D eigenvalue weighted by Crippen LogP contribution is -2.07. The summed E-state index contributed by atoms with van der Waals surface area (Å²) < 4.78 is 0. The molecule has 0 atom stereocenters. The van der Waals surface area contributed by atoms with Crippen molar-refractivity contribution in [2.75, 3.05) is 0 Å². The van der Waals surface area contributed by atoms with Crippen molar-refractivity contribution in [1.82, 2.24) is 9.97 Å². The summed E-state index contributed by atoms with van der Waals surface area (Å²) in [6, 6.07) is 5.36. The molecular weight excluding hydrogens is 269 g/mol. The molecule has 0 saturated heterocycles. The zero-order valence-electron chi connectivity index (χ0n) is 10.2. The summed E-state index contributed by atoms with van der Waals surface area (Å²) in [7, 11) is 0. The van der Waals surface area contributed by atoms with Gasteiger partial charge in [-0.05, 0) is 32.0 Å². The number of hydrogen-bond acceptors (Lipinski definition) is 3. The molecule has 0 amide bonds. The Morgan fingerprint density at radius 1 is 1.06 bits per heavy atom. The minimum absolute atomic E-state index is 0.444. The van der Waals surface area contributed by atoms with Crippen molar-refractivity contribution in [3.05, 3.63) is 45.2 Å². The summed E-state index contributed by atoms with van der Waals surface area (Å²) in [5, 5.41) is 1.02. The van der Waals surface area contributed by atoms with E-state index in [1.165, 1.54) is 0 Å². The lowest BCUT2D eigenvalue weighted by Gasteiger charge is -2.09. The molecule has 0 bridgehead atoms. The van der Waals surface area contributed by atoms with E-state index in [9.17, 15) is 0 Å². The van der Waals surface area contributed by atoms with Crippen LogP contribution in [0.2, 0.25) is 10.0 Å². The largest absolute Gasteiger partial charge is 0.326 e. The van der Waals surface area contributed by atoms with Gasteiger partial charge in [-0.3, -0.25) is 0 Å². The van der Waals surface area contributed by atoms with E-state index in [-0.39, 0.29) is 0 Å². The Labute approximate surface area is 116 Å². The maximum Gasteiger partial charge on any atom is 0.159 e. The molecular formula is C13H13Cl2N3. The fourth-order valence-corrected chi connectivity index (χ4v) is 2.10. The normalized spacial score (nSPS) is 10.7. The molecule has 0 fully saturated rings. The van der Waals surface area contributed by atoms with Gasteiger partial charge < -0.3 is 5.73 Å². The molecule has 2 rings (SSSR count). The van der Waals surface area contributed by atoms with Gasteiger partial charge in [-0.2, -0.15) is 0 Å². The first-order valence-corrected chi connectivity index (χ1v) is 6.28. The molecule has 5 heteroatoms. The third-order valence-electron chi connectivity index (χ3n) is 2.80. The number of rotatable bonds is 2. The highest BCUT2D eigenvalue weighted by Gasteiger charge is 2.10. The van der Waals surface area contributed by atoms with E-state index in [2.05, 4.69) is 9.97 Å². The second-order valence-corrected chi connectivity index (χ2v) is 4.84. The van der Waals surface area contributed by atoms with Crippen LogP contribution < -0.4 is 5.73 Å². The van der Waals surface area contributed by atoms with Gasteiger partial charge in [-0.15, -0.1) is 0 Å². The first-order chi connectivity index (χ1) is 8.52. The fourth-order valence-electron chi connectivity index (χ4n) is 1.80. The standard InChI is InChI=1S/C13H13Cl2N3/c1-7-10(6-16)8(2)18-13(17-7)9-3-4-11(14)12(15)5-9/h3-5H,6,16H2,1-2H3. The summed E-state index contributed by atoms with van der Waals surface area (Å²) in [6.45, 7) is 4.30. The monoisotopic (exact) mass is 281 g/mol. The van der Waals surface area contributed by atoms with Gasteiger partial charge in [0.05, 0.1) is 10.0 Å². The van der Waals surface area contributed by atoms with Crippen molar-refractivity contribution in [2.45, 2.75) is 20.4 Å². The summed E-state index contributed by atoms with van der Waals surface area (Å²) in [5.41, 5.74) is 9.29. The molecule has 0 aliphatic rings. The van der Waals surface area contributed by atoms with E-state index in [0.29, 0.717) is 22.4 Å². The Bertz CT molecular complexity index is 574. The zero-order chi connectivity index (χ0) is 13.3. The third kappa shape index (κ3) is 2.48. The minimum Gasteiger partial charge on any atom is -0.326 e. The van der Waals surface area contributed by atoms with Gasteiger partial charge in [-0.25, -0.2) is 9.97 Å². The van der Waals surface area contributed by atoms with Gasteiger partial charge in [0, 0.05) is 29.1 Å². The van der Waals surface area contributed by atoms with Crippen LogP contribution in [0.1, 0.15) is 17.0 Å². The number of nitrogens with two attached hydrogens (primary N) is 1. The van der Waals surface area contributed by atoms with Crippen molar-refractivity contribution in [3.8, 4) is 11.4 Å². The Kier molecular flexibility index (Phi) is 3.85. The highest BCUT2D eigenvalue weighted by atomic mass is 35.5. The summed E-state index contributed by atoms with van der Waals surface area (Å²) in [4.78, 5) is 8.91. The van der Waals surface area contributed by atoms with Crippen LogP contribution in [0.25, 0.3) is 11.4 Å². The molecule has 94 valence electrons. The van der Waals surface area contributed by atoms with Crippen LogP contribution in [0.4, 0.5) is 0 Å². The molecule has 0 spiro atoms. The first kappa shape index (κ1) is 13.3. The minimum atomic E-state index is 0.444. The van der Waals surface area contributed by atoms with E-state index in [0.717, 1.165) is 22.5 Å². The van der Waals surface area contributed by atoms with Crippen molar-refractivity contribution < 1.29 is 0 Å². The molecule has 1 aromatic heterocycles. The Balaban J connectivity index is 2.54. The quantitative estimate of drug-likeness (QED) is 0.916. The van der Waals surface area contributed by atoms with Crippen LogP contribution in [-0.2, 0) is 6.54 Å². The molecule has 0 unspecified atom stereocenters. The number of aromatic nitrogens is 2. The van der Waals surface area contributed by atoms with Crippen molar-refractivity contribution in [2.24, 2.45) is 5.73 Å². The van der Waals surface area contributed by atoms with Crippen LogP contribution in [-0.4, -0.2) is 9.97 Å². The van der Waals surface area contributed by atoms with Crippen molar-refractivity contribution in [3.63, 3.8) is 0 Å². The third-order valence-corrected chi connectivity index (χ3v) is 3.54. The van der Waals surface area contributed by atoms with Gasteiger partial charge in [-0.1, -0.05) is 23.2 Å². The predicted molar refractivity (Wildman–Crippen MR) is 74.9 cm³/mol. The van der Waals surface area contributed by atoms with Gasteiger partial charge in [0.15, 0.2) is 5.82 Å². The average Bonchev–Trinajstić information content (AvgIpc) is 2.32. The smallest absolute Gasteiger partial charge is 0.159 e. The second kappa shape index (κ2) is 5.22. The maximum absolute atomic E-state index is 5.99. The van der Waals surface area contributed by atoms with E-state index in [1.54, 1.807) is 12.1 Å². The van der Waals surface area contributed by atoms with Crippen LogP contribution in [0, 0.1) is 13.8 Å². The van der Waals surface area contributed by atoms with Crippen molar-refractivity contribution in [1.29, 1.82) is 0 Å². The van der Waals surface area contributed by atoms with E-state index in [4.69, 9.17) is 28.9 Å². The van der Waals surface area contributed by atoms with Crippen LogP contribution in [0.15, 0.2) is 18.2 Å². The van der Waals surface area contributed by atoms with Gasteiger partial charge in [0.25, 0.3) is 0 Å². The second-order valence-electron chi connectivity index (χ2n) is 4.03. The topological polar surface area (TPSA) is 51.8 Å². The van der Waals surface area contributed by atoms with Crippen LogP contribution in [0.3, 0.4) is 0 Å². The predicted octanol–water partition coefficient (Wildman–Crippen LogP) is 3.53.